The quantitative estimate of drug-likeness (QED) is 0.606. The molecule has 1 aromatic heterocycles. The van der Waals surface area contributed by atoms with Crippen molar-refractivity contribution in [1.82, 2.24) is 30.2 Å². The summed E-state index contributed by atoms with van der Waals surface area (Å²) in [6, 6.07) is -0.523. The van der Waals surface area contributed by atoms with Gasteiger partial charge in [0.25, 0.3) is 0 Å². The fourth-order valence-electron chi connectivity index (χ4n) is 4.65. The number of rotatable bonds is 4. The molecule has 5 heterocycles. The zero-order valence-electron chi connectivity index (χ0n) is 22.3. The van der Waals surface area contributed by atoms with E-state index in [4.69, 9.17) is 14.3 Å². The lowest BCUT2D eigenvalue weighted by atomic mass is 9.92. The zero-order chi connectivity index (χ0) is 29.3. The Hall–Kier alpha value is -4.07. The molecule has 4 aliphatic heterocycles. The van der Waals surface area contributed by atoms with Crippen molar-refractivity contribution in [2.24, 2.45) is 9.98 Å². The Morgan fingerprint density at radius 3 is 2.89 bits per heavy atom. The third kappa shape index (κ3) is 3.86. The summed E-state index contributed by atoms with van der Waals surface area (Å²) in [7, 11) is 0. The Bertz CT molecular complexity index is 1670. The second-order valence-electron chi connectivity index (χ2n) is 8.51. The second kappa shape index (κ2) is 9.35. The summed E-state index contributed by atoms with van der Waals surface area (Å²) in [5.41, 5.74) is -1.15. The van der Waals surface area contributed by atoms with Gasteiger partial charge in [0, 0.05) is 32.2 Å². The number of tetrazole rings is 1. The van der Waals surface area contributed by atoms with Crippen molar-refractivity contribution in [2.75, 3.05) is 6.61 Å². The lowest BCUT2D eigenvalue weighted by Gasteiger charge is -2.33. The molecule has 38 heavy (non-hydrogen) atoms. The van der Waals surface area contributed by atoms with Crippen LogP contribution in [0.1, 0.15) is 28.9 Å². The van der Waals surface area contributed by atoms with Crippen LogP contribution in [0.2, 0.25) is 5.02 Å². The molecule has 2 aromatic rings. The number of halogens is 3. The number of hydrogen-bond donors (Lipinski definition) is 2. The summed E-state index contributed by atoms with van der Waals surface area (Å²) in [4.78, 5) is 23.1. The van der Waals surface area contributed by atoms with Crippen LogP contribution in [-0.4, -0.2) is 77.1 Å². The number of nitrogens with zero attached hydrogens (tertiary/aromatic N) is 8. The molecule has 0 radical (unpaired) electrons. The monoisotopic (exact) mass is 543 g/mol. The maximum absolute atomic E-state index is 15.5. The number of fused-ring (bicyclic) bond motifs is 1. The number of aliphatic imine (C=N–C) groups is 2. The highest BCUT2D eigenvalue weighted by molar-refractivity contribution is 6.31. The fourth-order valence-corrected chi connectivity index (χ4v) is 4.80. The van der Waals surface area contributed by atoms with E-state index >= 15 is 4.39 Å². The number of allylic oxidation sites excluding steroid dienone is 4. The van der Waals surface area contributed by atoms with Gasteiger partial charge in [0.05, 0.1) is 36.6 Å². The number of carbonyl (C=O) groups is 1. The van der Waals surface area contributed by atoms with Gasteiger partial charge in [0.2, 0.25) is 5.91 Å². The van der Waals surface area contributed by atoms with Crippen molar-refractivity contribution >= 4 is 35.1 Å². The highest BCUT2D eigenvalue weighted by atomic mass is 35.5. The Labute approximate surface area is 223 Å². The van der Waals surface area contributed by atoms with Crippen molar-refractivity contribution in [3.8, 4) is 5.69 Å². The highest BCUT2D eigenvalue weighted by Crippen LogP contribution is 2.41. The molecular formula is C24H19ClF2N8O3. The first-order chi connectivity index (χ1) is 19.5. The van der Waals surface area contributed by atoms with Gasteiger partial charge in [0.15, 0.2) is 17.5 Å². The van der Waals surface area contributed by atoms with E-state index in [0.717, 1.165) is 21.9 Å². The van der Waals surface area contributed by atoms with Gasteiger partial charge in [-0.1, -0.05) is 11.6 Å². The van der Waals surface area contributed by atoms with Crippen molar-refractivity contribution < 1.29 is 28.0 Å². The van der Waals surface area contributed by atoms with E-state index in [1.165, 1.54) is 30.8 Å². The van der Waals surface area contributed by atoms with E-state index in [1.54, 1.807) is 0 Å². The summed E-state index contributed by atoms with van der Waals surface area (Å²) in [6.07, 6.45) is 3.00. The lowest BCUT2D eigenvalue weighted by Crippen LogP contribution is -2.45. The van der Waals surface area contributed by atoms with Crippen molar-refractivity contribution in [3.05, 3.63) is 76.0 Å². The number of aromatic nitrogens is 4. The van der Waals surface area contributed by atoms with Gasteiger partial charge in [-0.25, -0.2) is 23.8 Å². The molecule has 0 aliphatic carbocycles. The van der Waals surface area contributed by atoms with Crippen LogP contribution in [0, 0.1) is 5.82 Å². The Morgan fingerprint density at radius 1 is 1.29 bits per heavy atom. The number of hydrogen-bond acceptors (Lipinski definition) is 9. The molecule has 11 nitrogen and oxygen atoms in total. The number of carbonyl (C=O) groups excluding carboxylic acids is 1. The van der Waals surface area contributed by atoms with Gasteiger partial charge >= 0.3 is 0 Å². The summed E-state index contributed by atoms with van der Waals surface area (Å²) in [5, 5.41) is 30.0. The topological polar surface area (TPSA) is 132 Å². The number of aliphatic hydroxyl groups is 1. The third-order valence-corrected chi connectivity index (χ3v) is 6.70. The molecule has 0 spiro atoms. The lowest BCUT2D eigenvalue weighted by molar-refractivity contribution is -0.128. The zero-order valence-corrected chi connectivity index (χ0v) is 20.0. The van der Waals surface area contributed by atoms with E-state index in [1.807, 2.05) is 0 Å². The first kappa shape index (κ1) is 20.9. The number of aliphatic hydroxyl groups excluding tert-OH is 1. The Balaban J connectivity index is 1.42. The molecule has 4 aliphatic rings. The van der Waals surface area contributed by atoms with E-state index in [2.05, 4.69) is 25.5 Å². The Morgan fingerprint density at radius 2 is 2.13 bits per heavy atom. The first-order valence-corrected chi connectivity index (χ1v) is 11.7. The molecule has 2 N–H and O–H groups in total. The fraction of sp³-hybridized carbons (Fsp3) is 0.250. The predicted octanol–water partition coefficient (Wildman–Crippen LogP) is 2.73. The highest BCUT2D eigenvalue weighted by Gasteiger charge is 2.43. The largest absolute Gasteiger partial charge is 0.390 e. The van der Waals surface area contributed by atoms with Crippen molar-refractivity contribution in [2.45, 2.75) is 31.3 Å². The van der Waals surface area contributed by atoms with Crippen LogP contribution in [0.15, 0.2) is 69.6 Å². The van der Waals surface area contributed by atoms with Gasteiger partial charge in [-0.2, -0.15) is 4.68 Å². The normalized spacial score (nSPS) is 29.3. The summed E-state index contributed by atoms with van der Waals surface area (Å²) < 4.78 is 58.7. The molecule has 194 valence electrons. The standard InChI is InChI=1S/C24H19ClF2N8O3/c25-15-2-4-17(33-11-29-31-32-33)21(23(15)27)12-7-13-1-3-18(35(13)20(37)8-12)24-28-9-16(30-24)14-5-6-34(38)19(10-36)22(14)26/h2,4-6,8-9,11,13,18,36,38H,1,3,7,10H2/b16-14+/t13-,18+/m1/s1/i7D2,13D. The van der Waals surface area contributed by atoms with Gasteiger partial charge in [-0.05, 0) is 53.4 Å². The van der Waals surface area contributed by atoms with Crippen LogP contribution in [0.3, 0.4) is 0 Å². The molecule has 0 saturated carbocycles. The van der Waals surface area contributed by atoms with Gasteiger partial charge in [0.1, 0.15) is 12.0 Å². The SMILES string of the molecule is [2H]C1([2H])C(c2c(-n3cnnn3)ccc(Cl)c2F)=CC(=O)N2[C@H](C3=N/C(=C4\C=CN(O)C(CO)=C4F)C=N3)CC[C@@]21[2H]. The third-order valence-electron chi connectivity index (χ3n) is 6.41. The number of amidine groups is 1. The molecule has 0 unspecified atom stereocenters. The van der Waals surface area contributed by atoms with E-state index in [9.17, 15) is 20.9 Å². The minimum atomic E-state index is -2.62. The molecule has 14 heteroatoms. The van der Waals surface area contributed by atoms with Gasteiger partial charge in [-0.3, -0.25) is 10.0 Å². The molecule has 1 saturated heterocycles. The number of benzene rings is 1. The van der Waals surface area contributed by atoms with E-state index in [0.29, 0.717) is 5.06 Å². The van der Waals surface area contributed by atoms with E-state index < -0.39 is 53.9 Å². The van der Waals surface area contributed by atoms with Crippen LogP contribution in [-0.2, 0) is 4.79 Å². The first-order valence-electron chi connectivity index (χ1n) is 12.8. The molecule has 1 fully saturated rings. The van der Waals surface area contributed by atoms with Crippen LogP contribution < -0.4 is 0 Å². The maximum atomic E-state index is 15.5. The minimum Gasteiger partial charge on any atom is -0.390 e. The van der Waals surface area contributed by atoms with Gasteiger partial charge < -0.3 is 10.0 Å². The molecular weight excluding hydrogens is 522 g/mol. The molecule has 0 bridgehead atoms. The number of hydroxylamine groups is 2. The average Bonchev–Trinajstić information content (AvgIpc) is 3.69. The molecule has 6 rings (SSSR count). The van der Waals surface area contributed by atoms with E-state index in [-0.39, 0.29) is 46.2 Å². The van der Waals surface area contributed by atoms with Crippen LogP contribution in [0.4, 0.5) is 8.78 Å². The summed E-state index contributed by atoms with van der Waals surface area (Å²) in [6.45, 7) is -0.782. The van der Waals surface area contributed by atoms with Crippen molar-refractivity contribution in [3.63, 3.8) is 0 Å². The predicted molar refractivity (Wildman–Crippen MR) is 131 cm³/mol. The Kier molecular flexibility index (Phi) is 5.15. The molecule has 2 atom stereocenters. The summed E-state index contributed by atoms with van der Waals surface area (Å²) >= 11 is 6.04. The van der Waals surface area contributed by atoms with Crippen LogP contribution in [0.25, 0.3) is 11.3 Å². The number of amides is 1. The van der Waals surface area contributed by atoms with Gasteiger partial charge in [-0.15, -0.1) is 5.10 Å². The molecule has 1 amide bonds. The maximum Gasteiger partial charge on any atom is 0.247 e. The second-order valence-corrected chi connectivity index (χ2v) is 8.92. The smallest absolute Gasteiger partial charge is 0.247 e. The summed E-state index contributed by atoms with van der Waals surface area (Å²) in [5.74, 6) is -2.67. The van der Waals surface area contributed by atoms with Crippen molar-refractivity contribution in [1.29, 1.82) is 0 Å². The van der Waals surface area contributed by atoms with Crippen LogP contribution in [0.5, 0.6) is 0 Å². The average molecular weight is 544 g/mol. The molecule has 1 aromatic carbocycles. The van der Waals surface area contributed by atoms with Crippen LogP contribution >= 0.6 is 11.6 Å². The minimum absolute atomic E-state index is 0.0202.